The number of carbonyl (C=O) groups is 2. The summed E-state index contributed by atoms with van der Waals surface area (Å²) in [5.74, 6) is -0.837. The van der Waals surface area contributed by atoms with E-state index in [1.807, 2.05) is 0 Å². The van der Waals surface area contributed by atoms with Crippen molar-refractivity contribution in [2.75, 3.05) is 18.4 Å². The highest BCUT2D eigenvalue weighted by Crippen LogP contribution is 2.27. The maximum absolute atomic E-state index is 12.8. The van der Waals surface area contributed by atoms with Gasteiger partial charge in [-0.1, -0.05) is 23.2 Å². The fourth-order valence-corrected chi connectivity index (χ4v) is 3.34. The van der Waals surface area contributed by atoms with Gasteiger partial charge in [0.05, 0.1) is 15.9 Å². The van der Waals surface area contributed by atoms with Crippen LogP contribution < -0.4 is 5.32 Å². The number of piperidine rings is 1. The molecule has 0 spiro atoms. The summed E-state index contributed by atoms with van der Waals surface area (Å²) in [4.78, 5) is 41.4. The molecule has 1 aliphatic rings. The molecule has 2 amide bonds. The Morgan fingerprint density at radius 2 is 1.96 bits per heavy atom. The van der Waals surface area contributed by atoms with Gasteiger partial charge in [0.2, 0.25) is 5.91 Å². The van der Waals surface area contributed by atoms with Crippen molar-refractivity contribution >= 4 is 46.5 Å². The average Bonchev–Trinajstić information content (AvgIpc) is 2.69. The molecule has 1 aromatic carbocycles. The summed E-state index contributed by atoms with van der Waals surface area (Å²) in [5.41, 5.74) is -0.399. The Bertz CT molecular complexity index is 920. The number of nitro groups is 1. The maximum Gasteiger partial charge on any atom is 0.283 e. The number of nitrogens with zero attached hydrogens (tertiary/aromatic N) is 3. The number of anilines is 1. The molecule has 3 rings (SSSR count). The second kappa shape index (κ2) is 8.53. The van der Waals surface area contributed by atoms with E-state index in [2.05, 4.69) is 10.3 Å². The van der Waals surface area contributed by atoms with Crippen LogP contribution in [0.25, 0.3) is 0 Å². The third-order valence-electron chi connectivity index (χ3n) is 4.44. The molecule has 1 fully saturated rings. The van der Waals surface area contributed by atoms with Crippen molar-refractivity contribution in [1.29, 1.82) is 0 Å². The van der Waals surface area contributed by atoms with Crippen LogP contribution in [0, 0.1) is 16.0 Å². The van der Waals surface area contributed by atoms with Crippen molar-refractivity contribution in [1.82, 2.24) is 9.88 Å². The first-order valence-corrected chi connectivity index (χ1v) is 9.26. The zero-order valence-corrected chi connectivity index (χ0v) is 16.1. The van der Waals surface area contributed by atoms with E-state index in [0.29, 0.717) is 30.2 Å². The Labute approximate surface area is 170 Å². The van der Waals surface area contributed by atoms with Crippen LogP contribution in [0.1, 0.15) is 23.2 Å². The lowest BCUT2D eigenvalue weighted by atomic mass is 9.96. The highest BCUT2D eigenvalue weighted by molar-refractivity contribution is 6.31. The van der Waals surface area contributed by atoms with Crippen LogP contribution in [-0.4, -0.2) is 39.7 Å². The Kier molecular flexibility index (Phi) is 6.11. The molecule has 1 saturated heterocycles. The van der Waals surface area contributed by atoms with Crippen molar-refractivity contribution in [3.8, 4) is 0 Å². The second-order valence-corrected chi connectivity index (χ2v) is 7.23. The quantitative estimate of drug-likeness (QED) is 0.595. The van der Waals surface area contributed by atoms with Crippen molar-refractivity contribution in [3.05, 3.63) is 62.3 Å². The van der Waals surface area contributed by atoms with Crippen molar-refractivity contribution in [2.45, 2.75) is 12.8 Å². The summed E-state index contributed by atoms with van der Waals surface area (Å²) < 4.78 is 0. The van der Waals surface area contributed by atoms with E-state index in [1.165, 1.54) is 23.2 Å². The molecule has 0 radical (unpaired) electrons. The summed E-state index contributed by atoms with van der Waals surface area (Å²) in [5, 5.41) is 14.6. The predicted molar refractivity (Wildman–Crippen MR) is 105 cm³/mol. The minimum absolute atomic E-state index is 0.0465. The van der Waals surface area contributed by atoms with E-state index in [-0.39, 0.29) is 28.7 Å². The number of nitro benzene ring substituents is 1. The average molecular weight is 423 g/mol. The van der Waals surface area contributed by atoms with Gasteiger partial charge in [-0.15, -0.1) is 0 Å². The predicted octanol–water partition coefficient (Wildman–Crippen LogP) is 3.79. The molecule has 1 aliphatic heterocycles. The Hall–Kier alpha value is -2.71. The van der Waals surface area contributed by atoms with E-state index in [9.17, 15) is 19.7 Å². The molecule has 1 aromatic heterocycles. The Balaban J connectivity index is 1.72. The third-order valence-corrected chi connectivity index (χ3v) is 4.90. The normalized spacial score (nSPS) is 16.5. The molecule has 1 unspecified atom stereocenters. The van der Waals surface area contributed by atoms with Crippen molar-refractivity contribution < 1.29 is 14.5 Å². The van der Waals surface area contributed by atoms with Gasteiger partial charge in [0.1, 0.15) is 11.4 Å². The van der Waals surface area contributed by atoms with E-state index >= 15 is 0 Å². The van der Waals surface area contributed by atoms with E-state index in [0.717, 1.165) is 6.07 Å². The summed E-state index contributed by atoms with van der Waals surface area (Å²) in [6.07, 6.45) is 2.64. The molecule has 146 valence electrons. The van der Waals surface area contributed by atoms with Gasteiger partial charge in [-0.05, 0) is 37.1 Å². The number of aromatic nitrogens is 1. The number of pyridine rings is 1. The van der Waals surface area contributed by atoms with E-state index in [4.69, 9.17) is 23.2 Å². The van der Waals surface area contributed by atoms with Gasteiger partial charge < -0.3 is 10.2 Å². The van der Waals surface area contributed by atoms with Gasteiger partial charge in [-0.2, -0.15) is 0 Å². The van der Waals surface area contributed by atoms with Gasteiger partial charge >= 0.3 is 0 Å². The Morgan fingerprint density at radius 3 is 2.64 bits per heavy atom. The number of amides is 2. The number of likely N-dealkylation sites (tertiary alicyclic amines) is 1. The van der Waals surface area contributed by atoms with E-state index in [1.54, 1.807) is 12.1 Å². The number of nitrogens with one attached hydrogen (secondary N) is 1. The van der Waals surface area contributed by atoms with Crippen LogP contribution in [0.3, 0.4) is 0 Å². The molecule has 1 N–H and O–H groups in total. The number of hydrogen-bond acceptors (Lipinski definition) is 5. The molecule has 1 atom stereocenters. The molecular weight excluding hydrogens is 407 g/mol. The third kappa shape index (κ3) is 4.58. The molecule has 0 saturated carbocycles. The van der Waals surface area contributed by atoms with Gasteiger partial charge in [-0.25, -0.2) is 4.98 Å². The molecule has 8 nitrogen and oxygen atoms in total. The summed E-state index contributed by atoms with van der Waals surface area (Å²) in [6, 6.07) is 7.12. The zero-order valence-electron chi connectivity index (χ0n) is 14.6. The molecule has 10 heteroatoms. The fraction of sp³-hybridized carbons (Fsp3) is 0.278. The number of rotatable bonds is 4. The monoisotopic (exact) mass is 422 g/mol. The van der Waals surface area contributed by atoms with Crippen LogP contribution in [0.4, 0.5) is 11.5 Å². The Morgan fingerprint density at radius 1 is 1.21 bits per heavy atom. The molecular formula is C18H16Cl2N4O4. The van der Waals surface area contributed by atoms with Crippen LogP contribution >= 0.6 is 23.2 Å². The standard InChI is InChI=1S/C18H16Cl2N4O4/c19-12-3-5-14(15(8-12)24(27)28)18(26)23-7-1-2-11(10-23)17(25)22-16-6-4-13(20)9-21-16/h3-6,8-9,11H,1-2,7,10H2,(H,21,22,25). The van der Waals surface area contributed by atoms with Gasteiger partial charge in [-0.3, -0.25) is 19.7 Å². The molecule has 2 aromatic rings. The minimum Gasteiger partial charge on any atom is -0.338 e. The van der Waals surface area contributed by atoms with Gasteiger partial charge in [0.25, 0.3) is 11.6 Å². The molecule has 28 heavy (non-hydrogen) atoms. The van der Waals surface area contributed by atoms with Crippen LogP contribution in [0.5, 0.6) is 0 Å². The largest absolute Gasteiger partial charge is 0.338 e. The summed E-state index contributed by atoms with van der Waals surface area (Å²) in [6.45, 7) is 0.583. The highest BCUT2D eigenvalue weighted by Gasteiger charge is 2.32. The summed E-state index contributed by atoms with van der Waals surface area (Å²) in [7, 11) is 0. The van der Waals surface area contributed by atoms with E-state index < -0.39 is 16.7 Å². The lowest BCUT2D eigenvalue weighted by Crippen LogP contribution is -2.44. The maximum atomic E-state index is 12.8. The van der Waals surface area contributed by atoms with Crippen LogP contribution in [-0.2, 0) is 4.79 Å². The number of carbonyl (C=O) groups excluding carboxylic acids is 2. The topological polar surface area (TPSA) is 105 Å². The molecule has 2 heterocycles. The van der Waals surface area contributed by atoms with Crippen LogP contribution in [0.2, 0.25) is 10.0 Å². The lowest BCUT2D eigenvalue weighted by molar-refractivity contribution is -0.385. The highest BCUT2D eigenvalue weighted by atomic mass is 35.5. The molecule has 0 aliphatic carbocycles. The fourth-order valence-electron chi connectivity index (χ4n) is 3.06. The smallest absolute Gasteiger partial charge is 0.283 e. The lowest BCUT2D eigenvalue weighted by Gasteiger charge is -2.32. The SMILES string of the molecule is O=C(Nc1ccc(Cl)cn1)C1CCCN(C(=O)c2ccc(Cl)cc2[N+](=O)[O-])C1. The first kappa shape index (κ1) is 20.0. The molecule has 0 bridgehead atoms. The number of hydrogen-bond donors (Lipinski definition) is 1. The van der Waals surface area contributed by atoms with Crippen molar-refractivity contribution in [3.63, 3.8) is 0 Å². The van der Waals surface area contributed by atoms with Gasteiger partial charge in [0, 0.05) is 30.4 Å². The number of benzene rings is 1. The zero-order chi connectivity index (χ0) is 20.3. The van der Waals surface area contributed by atoms with Crippen molar-refractivity contribution in [2.24, 2.45) is 5.92 Å². The summed E-state index contributed by atoms with van der Waals surface area (Å²) >= 11 is 11.6. The number of halogens is 2. The second-order valence-electron chi connectivity index (χ2n) is 6.36. The minimum atomic E-state index is -0.639. The first-order valence-electron chi connectivity index (χ1n) is 8.51. The van der Waals surface area contributed by atoms with Gasteiger partial charge in [0.15, 0.2) is 0 Å². The first-order chi connectivity index (χ1) is 13.3. The van der Waals surface area contributed by atoms with Crippen LogP contribution in [0.15, 0.2) is 36.5 Å².